The van der Waals surface area contributed by atoms with E-state index in [4.69, 9.17) is 4.74 Å². The Labute approximate surface area is 199 Å². The topological polar surface area (TPSA) is 46.5 Å². The third kappa shape index (κ3) is 4.93. The summed E-state index contributed by atoms with van der Waals surface area (Å²) in [6.45, 7) is 1.35. The van der Waals surface area contributed by atoms with Gasteiger partial charge in [0.1, 0.15) is 40.8 Å². The molecule has 0 heterocycles. The highest BCUT2D eigenvalue weighted by Crippen LogP contribution is 2.59. The van der Waals surface area contributed by atoms with Gasteiger partial charge < -0.3 is 26.8 Å². The van der Waals surface area contributed by atoms with Gasteiger partial charge in [0, 0.05) is 18.6 Å². The number of hydrogen-bond acceptors (Lipinski definition) is 3. The predicted molar refractivity (Wildman–Crippen MR) is 128 cm³/mol. The highest BCUT2D eigenvalue weighted by atomic mass is 79.9. The van der Waals surface area contributed by atoms with E-state index in [1.165, 1.54) is 28.9 Å². The van der Waals surface area contributed by atoms with Gasteiger partial charge in [-0.3, -0.25) is 4.79 Å². The first-order valence-electron chi connectivity index (χ1n) is 10.1. The van der Waals surface area contributed by atoms with Crippen molar-refractivity contribution in [3.8, 4) is 11.5 Å². The predicted octanol–water partition coefficient (Wildman–Crippen LogP) is 1.82. The van der Waals surface area contributed by atoms with Crippen LogP contribution in [0.4, 0.5) is 0 Å². The van der Waals surface area contributed by atoms with Gasteiger partial charge in [-0.1, -0.05) is 54.6 Å². The van der Waals surface area contributed by atoms with Gasteiger partial charge in [0.25, 0.3) is 0 Å². The Kier molecular flexibility index (Phi) is 7.84. The van der Waals surface area contributed by atoms with Gasteiger partial charge >= 0.3 is 5.97 Å². The van der Waals surface area contributed by atoms with Crippen molar-refractivity contribution in [3.63, 3.8) is 0 Å². The van der Waals surface area contributed by atoms with Crippen molar-refractivity contribution in [1.29, 1.82) is 0 Å². The smallest absolute Gasteiger partial charge is 0.308 e. The van der Waals surface area contributed by atoms with E-state index < -0.39 is 13.2 Å². The largest absolute Gasteiger partial charge is 1.00 e. The zero-order valence-electron chi connectivity index (χ0n) is 17.7. The fraction of sp³-hybridized carbons (Fsp3) is 0.0741. The first kappa shape index (κ1) is 23.7. The van der Waals surface area contributed by atoms with Crippen LogP contribution in [0, 0.1) is 0 Å². The van der Waals surface area contributed by atoms with Crippen LogP contribution >= 0.6 is 7.26 Å². The van der Waals surface area contributed by atoms with Gasteiger partial charge in [-0.2, -0.15) is 0 Å². The number of carbonyl (C=O) groups is 1. The molecule has 0 saturated heterocycles. The summed E-state index contributed by atoms with van der Waals surface area (Å²) >= 11 is 0. The van der Waals surface area contributed by atoms with Crippen LogP contribution in [-0.2, 0) is 11.0 Å². The highest BCUT2D eigenvalue weighted by Gasteiger charge is 2.45. The van der Waals surface area contributed by atoms with Crippen molar-refractivity contribution in [2.45, 2.75) is 13.1 Å². The van der Waals surface area contributed by atoms with E-state index in [1.54, 1.807) is 6.07 Å². The summed E-state index contributed by atoms with van der Waals surface area (Å²) in [6.07, 6.45) is 0.650. The van der Waals surface area contributed by atoms with E-state index in [2.05, 4.69) is 72.8 Å². The Hall–Kier alpha value is -2.94. The van der Waals surface area contributed by atoms with Crippen molar-refractivity contribution < 1.29 is 31.6 Å². The Bertz CT molecular complexity index is 1070. The molecule has 0 aromatic heterocycles. The van der Waals surface area contributed by atoms with Crippen LogP contribution in [-0.4, -0.2) is 11.1 Å². The first-order valence-corrected chi connectivity index (χ1v) is 12.1. The molecule has 4 aromatic carbocycles. The summed E-state index contributed by atoms with van der Waals surface area (Å²) in [5, 5.41) is 14.6. The van der Waals surface area contributed by atoms with Crippen LogP contribution in [0.15, 0.2) is 109 Å². The van der Waals surface area contributed by atoms with E-state index in [1.807, 2.05) is 24.3 Å². The highest BCUT2D eigenvalue weighted by molar-refractivity contribution is 7.95. The van der Waals surface area contributed by atoms with Crippen LogP contribution in [0.5, 0.6) is 11.5 Å². The molecular formula is C27H24BrO3P. The monoisotopic (exact) mass is 506 g/mol. The Morgan fingerprint density at radius 1 is 0.750 bits per heavy atom. The lowest BCUT2D eigenvalue weighted by molar-refractivity contribution is -0.131. The lowest BCUT2D eigenvalue weighted by atomic mass is 10.2. The maximum atomic E-state index is 11.3. The summed E-state index contributed by atoms with van der Waals surface area (Å²) in [6, 6.07) is 36.7. The van der Waals surface area contributed by atoms with Crippen molar-refractivity contribution in [2.24, 2.45) is 0 Å². The van der Waals surface area contributed by atoms with Crippen LogP contribution in [0.25, 0.3) is 0 Å². The van der Waals surface area contributed by atoms with Crippen LogP contribution in [0.3, 0.4) is 0 Å². The van der Waals surface area contributed by atoms with Gasteiger partial charge in [-0.05, 0) is 48.5 Å². The molecule has 3 nitrogen and oxygen atoms in total. The molecule has 0 bridgehead atoms. The van der Waals surface area contributed by atoms with Crippen LogP contribution in [0.2, 0.25) is 0 Å². The molecule has 0 saturated carbocycles. The quantitative estimate of drug-likeness (QED) is 0.246. The molecule has 32 heavy (non-hydrogen) atoms. The average Bonchev–Trinajstić information content (AvgIpc) is 2.80. The minimum Gasteiger partial charge on any atom is -1.00 e. The number of ether oxygens (including phenoxy) is 1. The normalized spacial score (nSPS) is 10.8. The van der Waals surface area contributed by atoms with Gasteiger partial charge in [-0.15, -0.1) is 0 Å². The molecule has 162 valence electrons. The minimum atomic E-state index is -2.11. The molecule has 4 aromatic rings. The summed E-state index contributed by atoms with van der Waals surface area (Å²) in [5.41, 5.74) is 0.820. The zero-order valence-corrected chi connectivity index (χ0v) is 20.2. The van der Waals surface area contributed by atoms with Gasteiger partial charge in [0.15, 0.2) is 0 Å². The SMILES string of the molecule is CC(=O)Oc1ccc(C[P+](c2ccccc2)(c2ccccc2)c2ccccc2)c(O)c1.[Br-]. The number of aromatic hydroxyl groups is 1. The van der Waals surface area contributed by atoms with Crippen molar-refractivity contribution in [3.05, 3.63) is 115 Å². The maximum Gasteiger partial charge on any atom is 0.308 e. The summed E-state index contributed by atoms with van der Waals surface area (Å²) in [7, 11) is -2.11. The van der Waals surface area contributed by atoms with Crippen molar-refractivity contribution in [2.75, 3.05) is 0 Å². The van der Waals surface area contributed by atoms with E-state index in [-0.39, 0.29) is 22.7 Å². The number of carbonyl (C=O) groups excluding carboxylic acids is 1. The molecule has 0 fully saturated rings. The second-order valence-corrected chi connectivity index (χ2v) is 10.8. The molecule has 0 unspecified atom stereocenters. The molecule has 0 spiro atoms. The van der Waals surface area contributed by atoms with E-state index >= 15 is 0 Å². The second kappa shape index (κ2) is 10.6. The number of esters is 1. The Morgan fingerprint density at radius 2 is 1.19 bits per heavy atom. The summed E-state index contributed by atoms with van der Waals surface area (Å²) in [4.78, 5) is 11.3. The number of rotatable bonds is 6. The third-order valence-electron chi connectivity index (χ3n) is 5.32. The molecule has 5 heteroatoms. The molecule has 0 atom stereocenters. The fourth-order valence-corrected chi connectivity index (χ4v) is 8.19. The van der Waals surface area contributed by atoms with E-state index in [9.17, 15) is 9.90 Å². The van der Waals surface area contributed by atoms with Crippen LogP contribution < -0.4 is 37.6 Å². The molecule has 0 amide bonds. The maximum absolute atomic E-state index is 11.3. The number of benzene rings is 4. The number of phenols is 1. The number of halogens is 1. The van der Waals surface area contributed by atoms with Gasteiger partial charge in [0.2, 0.25) is 0 Å². The Morgan fingerprint density at radius 3 is 1.56 bits per heavy atom. The lowest BCUT2D eigenvalue weighted by Crippen LogP contribution is -3.00. The summed E-state index contributed by atoms with van der Waals surface area (Å²) in [5.74, 6) is 0.0644. The number of hydrogen-bond donors (Lipinski definition) is 1. The first-order chi connectivity index (χ1) is 15.1. The van der Waals surface area contributed by atoms with Gasteiger partial charge in [0.05, 0.1) is 0 Å². The zero-order chi connectivity index (χ0) is 21.7. The average molecular weight is 507 g/mol. The molecule has 0 aliphatic carbocycles. The minimum absolute atomic E-state index is 0. The van der Waals surface area contributed by atoms with E-state index in [0.717, 1.165) is 5.56 Å². The number of phenolic OH excluding ortho intramolecular Hbond substituents is 1. The van der Waals surface area contributed by atoms with Crippen LogP contribution in [0.1, 0.15) is 12.5 Å². The second-order valence-electron chi connectivity index (χ2n) is 7.36. The van der Waals surface area contributed by atoms with E-state index in [0.29, 0.717) is 11.9 Å². The fourth-order valence-electron chi connectivity index (χ4n) is 3.93. The standard InChI is InChI=1S/C27H23O3P.BrH/c1-21(28)30-23-18-17-22(27(29)19-23)20-31(24-11-5-2-6-12-24,25-13-7-3-8-14-25)26-15-9-4-10-16-26;/h2-19H,20H2,1H3;1H. The van der Waals surface area contributed by atoms with Crippen molar-refractivity contribution >= 4 is 29.1 Å². The molecule has 0 aliphatic heterocycles. The third-order valence-corrected chi connectivity index (χ3v) is 9.67. The summed E-state index contributed by atoms with van der Waals surface area (Å²) < 4.78 is 5.14. The molecule has 1 N–H and O–H groups in total. The Balaban J connectivity index is 0.00000289. The molecule has 4 rings (SSSR count). The molecule has 0 radical (unpaired) electrons. The molecular weight excluding hydrogens is 483 g/mol. The van der Waals surface area contributed by atoms with Crippen molar-refractivity contribution in [1.82, 2.24) is 0 Å². The van der Waals surface area contributed by atoms with Gasteiger partial charge in [-0.25, -0.2) is 0 Å². The molecule has 0 aliphatic rings. The lowest BCUT2D eigenvalue weighted by Gasteiger charge is -2.28.